The Morgan fingerprint density at radius 1 is 1.21 bits per heavy atom. The summed E-state index contributed by atoms with van der Waals surface area (Å²) in [6, 6.07) is 11.9. The Balaban J connectivity index is 2.00. The molecular formula is C18H21NO4S. The van der Waals surface area contributed by atoms with Crippen molar-refractivity contribution in [3.8, 4) is 5.75 Å². The summed E-state index contributed by atoms with van der Waals surface area (Å²) in [6.45, 7) is 4.59. The third kappa shape index (κ3) is 2.99. The Morgan fingerprint density at radius 2 is 1.92 bits per heavy atom. The molecule has 1 unspecified atom stereocenters. The maximum atomic E-state index is 13.0. The fourth-order valence-corrected chi connectivity index (χ4v) is 4.44. The van der Waals surface area contributed by atoms with E-state index in [2.05, 4.69) is 0 Å². The standard InChI is InChI=1S/C18H21NO4S/c1-3-23-14-5-7-15(8-6-14)24(21,22)19-11-10-18(20)16-12-13(2)4-9-17(16)19/h4-9,12,18,20H,3,10-11H2,1-2H3. The van der Waals surface area contributed by atoms with Gasteiger partial charge in [-0.05, 0) is 50.6 Å². The highest BCUT2D eigenvalue weighted by atomic mass is 32.2. The summed E-state index contributed by atoms with van der Waals surface area (Å²) in [5.41, 5.74) is 2.21. The van der Waals surface area contributed by atoms with E-state index in [1.54, 1.807) is 30.3 Å². The van der Waals surface area contributed by atoms with Crippen LogP contribution < -0.4 is 9.04 Å². The molecule has 0 bridgehead atoms. The molecule has 24 heavy (non-hydrogen) atoms. The van der Waals surface area contributed by atoms with Gasteiger partial charge in [0.05, 0.1) is 23.3 Å². The molecule has 0 saturated carbocycles. The van der Waals surface area contributed by atoms with Crippen LogP contribution in [0.25, 0.3) is 0 Å². The van der Waals surface area contributed by atoms with Crippen LogP contribution in [0.15, 0.2) is 47.4 Å². The van der Waals surface area contributed by atoms with Crippen molar-refractivity contribution in [2.24, 2.45) is 0 Å². The molecule has 5 nitrogen and oxygen atoms in total. The molecule has 2 aromatic carbocycles. The van der Waals surface area contributed by atoms with E-state index in [1.165, 1.54) is 4.31 Å². The number of aliphatic hydroxyl groups excluding tert-OH is 1. The lowest BCUT2D eigenvalue weighted by Crippen LogP contribution is -2.36. The lowest BCUT2D eigenvalue weighted by Gasteiger charge is -2.33. The first-order chi connectivity index (χ1) is 11.4. The summed E-state index contributed by atoms with van der Waals surface area (Å²) < 4.78 is 32.8. The molecule has 0 radical (unpaired) electrons. The number of sulfonamides is 1. The molecule has 0 spiro atoms. The lowest BCUT2D eigenvalue weighted by atomic mass is 9.99. The van der Waals surface area contributed by atoms with Crippen LogP contribution in [0.4, 0.5) is 5.69 Å². The number of hydrogen-bond acceptors (Lipinski definition) is 4. The molecule has 1 atom stereocenters. The van der Waals surface area contributed by atoms with Gasteiger partial charge in [-0.1, -0.05) is 17.7 Å². The van der Waals surface area contributed by atoms with E-state index in [1.807, 2.05) is 26.0 Å². The molecule has 3 rings (SSSR count). The number of aryl methyl sites for hydroxylation is 1. The number of fused-ring (bicyclic) bond motifs is 1. The van der Waals surface area contributed by atoms with Crippen LogP contribution in [0.3, 0.4) is 0 Å². The predicted octanol–water partition coefficient (Wildman–Crippen LogP) is 3.03. The van der Waals surface area contributed by atoms with E-state index in [0.717, 1.165) is 5.56 Å². The Morgan fingerprint density at radius 3 is 2.58 bits per heavy atom. The van der Waals surface area contributed by atoms with E-state index in [-0.39, 0.29) is 11.4 Å². The van der Waals surface area contributed by atoms with Crippen LogP contribution in [0.5, 0.6) is 5.75 Å². The van der Waals surface area contributed by atoms with E-state index in [0.29, 0.717) is 30.0 Å². The minimum Gasteiger partial charge on any atom is -0.494 e. The third-order valence-corrected chi connectivity index (χ3v) is 5.97. The Bertz CT molecular complexity index is 831. The molecule has 0 aliphatic carbocycles. The second kappa shape index (κ2) is 6.45. The summed E-state index contributed by atoms with van der Waals surface area (Å²) in [5.74, 6) is 0.640. The van der Waals surface area contributed by atoms with Crippen molar-refractivity contribution in [1.82, 2.24) is 0 Å². The van der Waals surface area contributed by atoms with E-state index < -0.39 is 16.1 Å². The number of benzene rings is 2. The minimum atomic E-state index is -3.68. The molecule has 1 N–H and O–H groups in total. The monoisotopic (exact) mass is 347 g/mol. The molecule has 6 heteroatoms. The molecule has 0 fully saturated rings. The normalized spacial score (nSPS) is 17.5. The average molecular weight is 347 g/mol. The highest BCUT2D eigenvalue weighted by Gasteiger charge is 2.32. The number of ether oxygens (including phenoxy) is 1. The molecule has 2 aromatic rings. The first-order valence-corrected chi connectivity index (χ1v) is 9.41. The summed E-state index contributed by atoms with van der Waals surface area (Å²) in [5, 5.41) is 10.2. The van der Waals surface area contributed by atoms with Crippen molar-refractivity contribution >= 4 is 15.7 Å². The van der Waals surface area contributed by atoms with Crippen LogP contribution in [0.2, 0.25) is 0 Å². The zero-order chi connectivity index (χ0) is 17.3. The predicted molar refractivity (Wildman–Crippen MR) is 92.9 cm³/mol. The first-order valence-electron chi connectivity index (χ1n) is 7.97. The van der Waals surface area contributed by atoms with E-state index in [9.17, 15) is 13.5 Å². The minimum absolute atomic E-state index is 0.217. The highest BCUT2D eigenvalue weighted by Crippen LogP contribution is 2.37. The van der Waals surface area contributed by atoms with Crippen molar-refractivity contribution in [3.05, 3.63) is 53.6 Å². The second-order valence-corrected chi connectivity index (χ2v) is 7.71. The Kier molecular flexibility index (Phi) is 4.51. The van der Waals surface area contributed by atoms with Crippen LogP contribution in [0, 0.1) is 6.92 Å². The molecular weight excluding hydrogens is 326 g/mol. The van der Waals surface area contributed by atoms with E-state index in [4.69, 9.17) is 4.74 Å². The quantitative estimate of drug-likeness (QED) is 0.923. The van der Waals surface area contributed by atoms with Gasteiger partial charge >= 0.3 is 0 Å². The molecule has 1 aliphatic heterocycles. The fraction of sp³-hybridized carbons (Fsp3) is 0.333. The number of aliphatic hydroxyl groups is 1. The number of rotatable bonds is 4. The van der Waals surface area contributed by atoms with Crippen LogP contribution in [-0.2, 0) is 10.0 Å². The summed E-state index contributed by atoms with van der Waals surface area (Å²) >= 11 is 0. The van der Waals surface area contributed by atoms with Gasteiger partial charge in [0.1, 0.15) is 5.75 Å². The van der Waals surface area contributed by atoms with Crippen LogP contribution in [0.1, 0.15) is 30.6 Å². The molecule has 0 amide bonds. The summed E-state index contributed by atoms with van der Waals surface area (Å²) in [6.07, 6.45) is -0.251. The maximum absolute atomic E-state index is 13.0. The average Bonchev–Trinajstić information content (AvgIpc) is 2.56. The van der Waals surface area contributed by atoms with Crippen molar-refractivity contribution in [2.75, 3.05) is 17.5 Å². The molecule has 1 heterocycles. The van der Waals surface area contributed by atoms with E-state index >= 15 is 0 Å². The van der Waals surface area contributed by atoms with Gasteiger partial charge in [0.15, 0.2) is 0 Å². The zero-order valence-corrected chi connectivity index (χ0v) is 14.6. The van der Waals surface area contributed by atoms with Gasteiger partial charge in [0.2, 0.25) is 0 Å². The number of hydrogen-bond donors (Lipinski definition) is 1. The van der Waals surface area contributed by atoms with Gasteiger partial charge in [0.25, 0.3) is 10.0 Å². The molecule has 1 aliphatic rings. The zero-order valence-electron chi connectivity index (χ0n) is 13.8. The van der Waals surface area contributed by atoms with Crippen molar-refractivity contribution in [2.45, 2.75) is 31.3 Å². The van der Waals surface area contributed by atoms with Crippen LogP contribution in [-0.4, -0.2) is 26.7 Å². The van der Waals surface area contributed by atoms with Crippen molar-refractivity contribution in [3.63, 3.8) is 0 Å². The van der Waals surface area contributed by atoms with Gasteiger partial charge < -0.3 is 9.84 Å². The van der Waals surface area contributed by atoms with Crippen LogP contribution >= 0.6 is 0 Å². The van der Waals surface area contributed by atoms with Crippen molar-refractivity contribution < 1.29 is 18.3 Å². The van der Waals surface area contributed by atoms with Gasteiger partial charge in [0, 0.05) is 12.1 Å². The highest BCUT2D eigenvalue weighted by molar-refractivity contribution is 7.92. The van der Waals surface area contributed by atoms with Crippen molar-refractivity contribution in [1.29, 1.82) is 0 Å². The molecule has 128 valence electrons. The second-order valence-electron chi connectivity index (χ2n) is 5.85. The Hall–Kier alpha value is -2.05. The first kappa shape index (κ1) is 16.8. The van der Waals surface area contributed by atoms with Gasteiger partial charge in [-0.2, -0.15) is 0 Å². The summed E-state index contributed by atoms with van der Waals surface area (Å²) in [7, 11) is -3.68. The van der Waals surface area contributed by atoms with Gasteiger partial charge in [-0.3, -0.25) is 4.31 Å². The Labute approximate surface area is 142 Å². The number of nitrogens with zero attached hydrogens (tertiary/aromatic N) is 1. The lowest BCUT2D eigenvalue weighted by molar-refractivity contribution is 0.166. The number of anilines is 1. The molecule has 0 saturated heterocycles. The third-order valence-electron chi connectivity index (χ3n) is 4.14. The SMILES string of the molecule is CCOc1ccc(S(=O)(=O)N2CCC(O)c3cc(C)ccc32)cc1. The fourth-order valence-electron chi connectivity index (χ4n) is 2.93. The molecule has 0 aromatic heterocycles. The topological polar surface area (TPSA) is 66.8 Å². The maximum Gasteiger partial charge on any atom is 0.264 e. The van der Waals surface area contributed by atoms with Gasteiger partial charge in [-0.25, -0.2) is 8.42 Å². The largest absolute Gasteiger partial charge is 0.494 e. The van der Waals surface area contributed by atoms with Gasteiger partial charge in [-0.15, -0.1) is 0 Å². The smallest absolute Gasteiger partial charge is 0.264 e. The summed E-state index contributed by atoms with van der Waals surface area (Å²) in [4.78, 5) is 0.217.